The molecule has 0 bridgehead atoms. The quantitative estimate of drug-likeness (QED) is 0.543. The number of amides is 1. The molecule has 0 N–H and O–H groups in total. The Bertz CT molecular complexity index is 1010. The van der Waals surface area contributed by atoms with Crippen LogP contribution in [0.15, 0.2) is 53.9 Å². The molecule has 5 nitrogen and oxygen atoms in total. The third-order valence-corrected chi connectivity index (χ3v) is 6.37. The summed E-state index contributed by atoms with van der Waals surface area (Å²) < 4.78 is 5.26. The first-order valence-electron chi connectivity index (χ1n) is 10.3. The number of nitrogens with zero attached hydrogens (tertiary/aromatic N) is 3. The van der Waals surface area contributed by atoms with Gasteiger partial charge in [0.1, 0.15) is 11.8 Å². The maximum Gasteiger partial charge on any atom is 0.245 e. The van der Waals surface area contributed by atoms with Crippen LogP contribution in [0, 0.1) is 6.92 Å². The molecule has 2 aromatic carbocycles. The van der Waals surface area contributed by atoms with E-state index < -0.39 is 0 Å². The molecule has 1 fully saturated rings. The first kappa shape index (κ1) is 20.4. The van der Waals surface area contributed by atoms with Crippen LogP contribution in [0.1, 0.15) is 25.3 Å². The fourth-order valence-corrected chi connectivity index (χ4v) is 4.79. The minimum atomic E-state index is -0.320. The summed E-state index contributed by atoms with van der Waals surface area (Å²) in [6, 6.07) is 15.8. The topological polar surface area (TPSA) is 45.7 Å². The Morgan fingerprint density at radius 3 is 2.57 bits per heavy atom. The molecule has 4 rings (SSSR count). The summed E-state index contributed by atoms with van der Waals surface area (Å²) in [6.45, 7) is 5.75. The zero-order valence-corrected chi connectivity index (χ0v) is 18.5. The van der Waals surface area contributed by atoms with Gasteiger partial charge < -0.3 is 14.5 Å². The van der Waals surface area contributed by atoms with E-state index in [-0.39, 0.29) is 11.9 Å². The summed E-state index contributed by atoms with van der Waals surface area (Å²) in [6.07, 6.45) is 2.17. The molecular weight excluding hydrogens is 394 g/mol. The lowest BCUT2D eigenvalue weighted by molar-refractivity contribution is -0.131. The zero-order valence-electron chi connectivity index (χ0n) is 17.7. The Labute approximate surface area is 181 Å². The highest BCUT2D eigenvalue weighted by atomic mass is 32.1. The van der Waals surface area contributed by atoms with Crippen LogP contribution in [-0.4, -0.2) is 42.0 Å². The van der Waals surface area contributed by atoms with Gasteiger partial charge in [-0.15, -0.1) is 11.3 Å². The first-order chi connectivity index (χ1) is 14.6. The number of anilines is 2. The van der Waals surface area contributed by atoms with E-state index >= 15 is 0 Å². The molecule has 1 saturated heterocycles. The van der Waals surface area contributed by atoms with Crippen molar-refractivity contribution in [2.75, 3.05) is 25.1 Å². The Morgan fingerprint density at radius 1 is 1.17 bits per heavy atom. The molecule has 30 heavy (non-hydrogen) atoms. The predicted octanol–water partition coefficient (Wildman–Crippen LogP) is 5.28. The molecule has 6 heteroatoms. The van der Waals surface area contributed by atoms with Gasteiger partial charge in [-0.3, -0.25) is 4.79 Å². The number of likely N-dealkylation sites (tertiary alicyclic amines) is 1. The van der Waals surface area contributed by atoms with Crippen molar-refractivity contribution in [1.82, 2.24) is 9.88 Å². The van der Waals surface area contributed by atoms with Crippen molar-refractivity contribution in [2.45, 2.75) is 32.7 Å². The molecular formula is C24H27N3O2S. The molecule has 1 aliphatic rings. The number of ether oxygens (including phenoxy) is 1. The fourth-order valence-electron chi connectivity index (χ4n) is 3.86. The Balaban J connectivity index is 1.68. The molecule has 0 saturated carbocycles. The van der Waals surface area contributed by atoms with Crippen LogP contribution < -0.4 is 9.64 Å². The van der Waals surface area contributed by atoms with E-state index in [2.05, 4.69) is 30.0 Å². The lowest BCUT2D eigenvalue weighted by Gasteiger charge is -2.31. The Hall–Kier alpha value is -2.86. The molecule has 0 spiro atoms. The van der Waals surface area contributed by atoms with Crippen LogP contribution in [-0.2, 0) is 4.79 Å². The number of aryl methyl sites for hydroxylation is 1. The van der Waals surface area contributed by atoms with Gasteiger partial charge in [-0.2, -0.15) is 0 Å². The summed E-state index contributed by atoms with van der Waals surface area (Å²) in [5.41, 5.74) is 4.08. The second-order valence-corrected chi connectivity index (χ2v) is 8.50. The van der Waals surface area contributed by atoms with Gasteiger partial charge in [0.15, 0.2) is 5.13 Å². The lowest BCUT2D eigenvalue weighted by atomic mass is 10.1. The second kappa shape index (κ2) is 8.88. The van der Waals surface area contributed by atoms with Gasteiger partial charge in [-0.05, 0) is 68.7 Å². The molecule has 3 aromatic rings. The summed E-state index contributed by atoms with van der Waals surface area (Å²) in [7, 11) is 1.66. The van der Waals surface area contributed by atoms with Crippen molar-refractivity contribution in [3.63, 3.8) is 0 Å². The molecule has 0 radical (unpaired) electrons. The number of methoxy groups -OCH3 is 1. The SMILES string of the molecule is COc1ccc(-c2csc(N(c3cccc(C)c3)[C@H](C)C(=O)N3CCCC3)n2)cc1. The van der Waals surface area contributed by atoms with Crippen LogP contribution in [0.3, 0.4) is 0 Å². The maximum atomic E-state index is 13.2. The van der Waals surface area contributed by atoms with E-state index in [9.17, 15) is 4.79 Å². The first-order valence-corrected chi connectivity index (χ1v) is 11.2. The number of thiazole rings is 1. The number of hydrogen-bond donors (Lipinski definition) is 0. The minimum Gasteiger partial charge on any atom is -0.497 e. The molecule has 1 aliphatic heterocycles. The maximum absolute atomic E-state index is 13.2. The van der Waals surface area contributed by atoms with E-state index in [0.29, 0.717) is 0 Å². The normalized spacial score (nSPS) is 14.6. The van der Waals surface area contributed by atoms with E-state index in [0.717, 1.165) is 59.3 Å². The third-order valence-electron chi connectivity index (χ3n) is 5.53. The van der Waals surface area contributed by atoms with Crippen molar-refractivity contribution in [2.24, 2.45) is 0 Å². The number of hydrogen-bond acceptors (Lipinski definition) is 5. The average molecular weight is 422 g/mol. The molecule has 1 aromatic heterocycles. The fraction of sp³-hybridized carbons (Fsp3) is 0.333. The van der Waals surface area contributed by atoms with E-state index in [1.54, 1.807) is 18.4 Å². The minimum absolute atomic E-state index is 0.162. The molecule has 0 unspecified atom stereocenters. The summed E-state index contributed by atoms with van der Waals surface area (Å²) in [5.74, 6) is 0.982. The van der Waals surface area contributed by atoms with Crippen LogP contribution in [0.25, 0.3) is 11.3 Å². The Morgan fingerprint density at radius 2 is 1.90 bits per heavy atom. The summed E-state index contributed by atoms with van der Waals surface area (Å²) in [5, 5.41) is 2.87. The highest BCUT2D eigenvalue weighted by molar-refractivity contribution is 7.14. The number of benzene rings is 2. The van der Waals surface area contributed by atoms with Crippen LogP contribution in [0.5, 0.6) is 5.75 Å². The van der Waals surface area contributed by atoms with Crippen molar-refractivity contribution >= 4 is 28.1 Å². The molecule has 156 valence electrons. The van der Waals surface area contributed by atoms with Crippen molar-refractivity contribution in [1.29, 1.82) is 0 Å². The van der Waals surface area contributed by atoms with Gasteiger partial charge in [0, 0.05) is 29.7 Å². The zero-order chi connectivity index (χ0) is 21.1. The van der Waals surface area contributed by atoms with E-state index in [1.807, 2.05) is 47.5 Å². The number of carbonyl (C=O) groups excluding carboxylic acids is 1. The molecule has 0 aliphatic carbocycles. The molecule has 1 amide bonds. The highest BCUT2D eigenvalue weighted by Gasteiger charge is 2.30. The van der Waals surface area contributed by atoms with Crippen molar-refractivity contribution < 1.29 is 9.53 Å². The van der Waals surface area contributed by atoms with Gasteiger partial charge in [-0.1, -0.05) is 12.1 Å². The Kier molecular flexibility index (Phi) is 6.04. The van der Waals surface area contributed by atoms with Crippen molar-refractivity contribution in [3.8, 4) is 17.0 Å². The number of carbonyl (C=O) groups is 1. The standard InChI is InChI=1S/C24H27N3O2S/c1-17-7-6-8-20(15-17)27(18(2)23(28)26-13-4-5-14-26)24-25-22(16-30-24)19-9-11-21(29-3)12-10-19/h6-12,15-16,18H,4-5,13-14H2,1-3H3/t18-/m1/s1. The van der Waals surface area contributed by atoms with Crippen LogP contribution >= 0.6 is 11.3 Å². The average Bonchev–Trinajstić information content (AvgIpc) is 3.46. The van der Waals surface area contributed by atoms with E-state index in [1.165, 1.54) is 0 Å². The van der Waals surface area contributed by atoms with E-state index in [4.69, 9.17) is 9.72 Å². The smallest absolute Gasteiger partial charge is 0.245 e. The molecule has 2 heterocycles. The van der Waals surface area contributed by atoms with Gasteiger partial charge in [0.2, 0.25) is 5.91 Å². The lowest BCUT2D eigenvalue weighted by Crippen LogP contribution is -2.44. The molecule has 1 atom stereocenters. The van der Waals surface area contributed by atoms with Gasteiger partial charge in [0.25, 0.3) is 0 Å². The van der Waals surface area contributed by atoms with Crippen LogP contribution in [0.4, 0.5) is 10.8 Å². The van der Waals surface area contributed by atoms with Gasteiger partial charge in [-0.25, -0.2) is 4.98 Å². The second-order valence-electron chi connectivity index (χ2n) is 7.66. The van der Waals surface area contributed by atoms with Gasteiger partial charge in [0.05, 0.1) is 12.8 Å². The number of aromatic nitrogens is 1. The highest BCUT2D eigenvalue weighted by Crippen LogP contribution is 2.35. The third kappa shape index (κ3) is 4.19. The summed E-state index contributed by atoms with van der Waals surface area (Å²) >= 11 is 1.56. The predicted molar refractivity (Wildman–Crippen MR) is 123 cm³/mol. The monoisotopic (exact) mass is 421 g/mol. The van der Waals surface area contributed by atoms with Crippen molar-refractivity contribution in [3.05, 3.63) is 59.5 Å². The summed E-state index contributed by atoms with van der Waals surface area (Å²) in [4.78, 5) is 22.2. The van der Waals surface area contributed by atoms with Gasteiger partial charge >= 0.3 is 0 Å². The van der Waals surface area contributed by atoms with Crippen LogP contribution in [0.2, 0.25) is 0 Å². The number of rotatable bonds is 6. The largest absolute Gasteiger partial charge is 0.497 e.